The summed E-state index contributed by atoms with van der Waals surface area (Å²) in [5, 5.41) is 3.14. The highest BCUT2D eigenvalue weighted by atomic mass is 16.3. The topological polar surface area (TPSA) is 96.7 Å². The zero-order valence-electron chi connectivity index (χ0n) is 21.1. The first-order chi connectivity index (χ1) is 17.6. The number of fused-ring (bicyclic) bond motifs is 1. The molecule has 0 aliphatic heterocycles. The standard InChI is InChI=1S/C30H28N2O5/c1-19-15-16-24-22(17-19)27(34)23(18-37-24)25(28(35)31-30(2,3)4)32(21-13-9-6-10-14-21)29(36)26(33)20-11-7-5-8-12-20/h5-18,25H,1-4H3,(H,31,35). The van der Waals surface area contributed by atoms with Crippen LogP contribution >= 0.6 is 0 Å². The number of anilines is 1. The molecule has 1 unspecified atom stereocenters. The molecule has 1 heterocycles. The normalized spacial score (nSPS) is 12.1. The Kier molecular flexibility index (Phi) is 7.07. The van der Waals surface area contributed by atoms with Crippen molar-refractivity contribution < 1.29 is 18.8 Å². The van der Waals surface area contributed by atoms with Crippen LogP contribution in [0.4, 0.5) is 5.69 Å². The van der Waals surface area contributed by atoms with Crippen molar-refractivity contribution in [2.24, 2.45) is 0 Å². The molecule has 0 spiro atoms. The Hall–Kier alpha value is -4.52. The van der Waals surface area contributed by atoms with Gasteiger partial charge in [0.1, 0.15) is 17.9 Å². The quantitative estimate of drug-likeness (QED) is 0.300. The van der Waals surface area contributed by atoms with Crippen LogP contribution in [0.15, 0.2) is 94.3 Å². The Morgan fingerprint density at radius 1 is 0.892 bits per heavy atom. The lowest BCUT2D eigenvalue weighted by molar-refractivity contribution is -0.126. The zero-order chi connectivity index (χ0) is 26.7. The Morgan fingerprint density at radius 2 is 1.51 bits per heavy atom. The predicted octanol–water partition coefficient (Wildman–Crippen LogP) is 4.97. The van der Waals surface area contributed by atoms with Crippen LogP contribution in [-0.4, -0.2) is 23.1 Å². The minimum atomic E-state index is -1.47. The third-order valence-corrected chi connectivity index (χ3v) is 5.74. The van der Waals surface area contributed by atoms with E-state index in [2.05, 4.69) is 5.32 Å². The number of benzene rings is 3. The molecular weight excluding hydrogens is 468 g/mol. The summed E-state index contributed by atoms with van der Waals surface area (Å²) in [6.45, 7) is 7.21. The molecule has 0 saturated carbocycles. The Morgan fingerprint density at radius 3 is 2.14 bits per heavy atom. The minimum Gasteiger partial charge on any atom is -0.464 e. The van der Waals surface area contributed by atoms with Gasteiger partial charge in [-0.2, -0.15) is 0 Å². The number of hydrogen-bond donors (Lipinski definition) is 1. The van der Waals surface area contributed by atoms with Crippen LogP contribution in [0.1, 0.15) is 48.3 Å². The molecule has 37 heavy (non-hydrogen) atoms. The van der Waals surface area contributed by atoms with Gasteiger partial charge in [0.05, 0.1) is 10.9 Å². The Balaban J connectivity index is 1.96. The van der Waals surface area contributed by atoms with E-state index in [1.807, 2.05) is 13.0 Å². The van der Waals surface area contributed by atoms with E-state index in [1.165, 1.54) is 18.4 Å². The number of hydrogen-bond acceptors (Lipinski definition) is 5. The monoisotopic (exact) mass is 496 g/mol. The van der Waals surface area contributed by atoms with Gasteiger partial charge < -0.3 is 9.73 Å². The van der Waals surface area contributed by atoms with Crippen molar-refractivity contribution in [3.05, 3.63) is 112 Å². The molecule has 7 heteroatoms. The van der Waals surface area contributed by atoms with Crippen molar-refractivity contribution in [3.63, 3.8) is 0 Å². The number of nitrogens with zero attached hydrogens (tertiary/aromatic N) is 1. The van der Waals surface area contributed by atoms with Gasteiger partial charge in [-0.25, -0.2) is 0 Å². The number of Topliss-reactive ketones (excluding diaryl/α,β-unsaturated/α-hetero) is 1. The average Bonchev–Trinajstić information content (AvgIpc) is 2.87. The van der Waals surface area contributed by atoms with Gasteiger partial charge in [-0.1, -0.05) is 60.2 Å². The molecule has 0 radical (unpaired) electrons. The molecule has 4 rings (SSSR count). The smallest absolute Gasteiger partial charge is 0.300 e. The lowest BCUT2D eigenvalue weighted by Crippen LogP contribution is -2.51. The summed E-state index contributed by atoms with van der Waals surface area (Å²) in [5.74, 6) is -2.38. The van der Waals surface area contributed by atoms with Crippen LogP contribution in [0.25, 0.3) is 11.0 Å². The summed E-state index contributed by atoms with van der Waals surface area (Å²) < 4.78 is 5.75. The molecule has 0 aliphatic carbocycles. The molecule has 0 aliphatic rings. The number of aryl methyl sites for hydroxylation is 1. The van der Waals surface area contributed by atoms with E-state index in [0.29, 0.717) is 5.58 Å². The number of ketones is 1. The summed E-state index contributed by atoms with van der Waals surface area (Å²) in [6, 6.07) is 20.1. The lowest BCUT2D eigenvalue weighted by Gasteiger charge is -2.32. The molecule has 2 amide bonds. The average molecular weight is 497 g/mol. The first-order valence-electron chi connectivity index (χ1n) is 11.9. The van der Waals surface area contributed by atoms with E-state index < -0.39 is 34.6 Å². The highest BCUT2D eigenvalue weighted by Gasteiger charge is 2.39. The van der Waals surface area contributed by atoms with E-state index in [1.54, 1.807) is 81.4 Å². The Labute approximate surface area is 214 Å². The van der Waals surface area contributed by atoms with Crippen LogP contribution in [0.3, 0.4) is 0 Å². The fourth-order valence-electron chi connectivity index (χ4n) is 4.08. The Bertz CT molecular complexity index is 1520. The second kappa shape index (κ2) is 10.2. The number of nitrogens with one attached hydrogen (secondary N) is 1. The van der Waals surface area contributed by atoms with Gasteiger partial charge in [-0.05, 0) is 52.0 Å². The summed E-state index contributed by atoms with van der Waals surface area (Å²) in [4.78, 5) is 55.7. The summed E-state index contributed by atoms with van der Waals surface area (Å²) >= 11 is 0. The van der Waals surface area contributed by atoms with E-state index in [4.69, 9.17) is 4.42 Å². The molecule has 188 valence electrons. The van der Waals surface area contributed by atoms with Gasteiger partial charge in [0.15, 0.2) is 5.43 Å². The van der Waals surface area contributed by atoms with Crippen LogP contribution in [0, 0.1) is 6.92 Å². The van der Waals surface area contributed by atoms with Gasteiger partial charge in [-0.15, -0.1) is 0 Å². The maximum absolute atomic E-state index is 13.8. The molecule has 1 atom stereocenters. The van der Waals surface area contributed by atoms with Crippen LogP contribution in [-0.2, 0) is 9.59 Å². The first-order valence-corrected chi connectivity index (χ1v) is 11.9. The summed E-state index contributed by atoms with van der Waals surface area (Å²) in [6.07, 6.45) is 1.20. The number of para-hydroxylation sites is 1. The van der Waals surface area contributed by atoms with Crippen molar-refractivity contribution in [1.82, 2.24) is 5.32 Å². The van der Waals surface area contributed by atoms with Gasteiger partial charge >= 0.3 is 0 Å². The maximum atomic E-state index is 13.8. The van der Waals surface area contributed by atoms with Crippen molar-refractivity contribution in [2.75, 3.05) is 4.90 Å². The van der Waals surface area contributed by atoms with E-state index in [-0.39, 0.29) is 22.2 Å². The number of amides is 2. The second-order valence-electron chi connectivity index (χ2n) is 9.87. The largest absolute Gasteiger partial charge is 0.464 e. The zero-order valence-corrected chi connectivity index (χ0v) is 21.1. The van der Waals surface area contributed by atoms with E-state index in [0.717, 1.165) is 10.5 Å². The fourth-order valence-corrected chi connectivity index (χ4v) is 4.08. The number of rotatable bonds is 6. The molecule has 1 aromatic heterocycles. The molecule has 0 saturated heterocycles. The lowest BCUT2D eigenvalue weighted by atomic mass is 9.99. The van der Waals surface area contributed by atoms with E-state index in [9.17, 15) is 19.2 Å². The second-order valence-corrected chi connectivity index (χ2v) is 9.87. The van der Waals surface area contributed by atoms with Gasteiger partial charge in [0.2, 0.25) is 5.91 Å². The van der Waals surface area contributed by atoms with Gasteiger partial charge in [-0.3, -0.25) is 24.1 Å². The third-order valence-electron chi connectivity index (χ3n) is 5.74. The van der Waals surface area contributed by atoms with Gasteiger partial charge in [0, 0.05) is 16.8 Å². The molecule has 0 bridgehead atoms. The highest BCUT2D eigenvalue weighted by Crippen LogP contribution is 2.29. The highest BCUT2D eigenvalue weighted by molar-refractivity contribution is 6.47. The van der Waals surface area contributed by atoms with Gasteiger partial charge in [0.25, 0.3) is 11.7 Å². The molecule has 7 nitrogen and oxygen atoms in total. The fraction of sp³-hybridized carbons (Fsp3) is 0.200. The number of carbonyl (C=O) groups excluding carboxylic acids is 3. The van der Waals surface area contributed by atoms with Crippen LogP contribution in [0.2, 0.25) is 0 Å². The van der Waals surface area contributed by atoms with Crippen molar-refractivity contribution >= 4 is 34.3 Å². The molecule has 4 aromatic rings. The molecule has 0 fully saturated rings. The van der Waals surface area contributed by atoms with E-state index >= 15 is 0 Å². The maximum Gasteiger partial charge on any atom is 0.300 e. The van der Waals surface area contributed by atoms with Crippen LogP contribution in [0.5, 0.6) is 0 Å². The molecule has 3 aromatic carbocycles. The summed E-state index contributed by atoms with van der Waals surface area (Å²) in [7, 11) is 0. The molecule has 1 N–H and O–H groups in total. The third kappa shape index (κ3) is 5.51. The number of carbonyl (C=O) groups is 3. The van der Waals surface area contributed by atoms with Crippen molar-refractivity contribution in [1.29, 1.82) is 0 Å². The molecular formula is C30H28N2O5. The summed E-state index contributed by atoms with van der Waals surface area (Å²) in [5.41, 5.74) is 0.449. The van der Waals surface area contributed by atoms with Crippen LogP contribution < -0.4 is 15.6 Å². The van der Waals surface area contributed by atoms with Crippen molar-refractivity contribution in [2.45, 2.75) is 39.3 Å². The first kappa shape index (κ1) is 25.6. The SMILES string of the molecule is Cc1ccc2occ(C(C(=O)NC(C)(C)C)N(C(=O)C(=O)c3ccccc3)c3ccccc3)c(=O)c2c1. The van der Waals surface area contributed by atoms with Crippen molar-refractivity contribution in [3.8, 4) is 0 Å². The predicted molar refractivity (Wildman–Crippen MR) is 143 cm³/mol. The minimum absolute atomic E-state index is 0.0575.